The van der Waals surface area contributed by atoms with Gasteiger partial charge in [0.1, 0.15) is 53.8 Å². The number of hydrogen-bond acceptors (Lipinski definition) is 24. The first-order valence-corrected chi connectivity index (χ1v) is 23.4. The van der Waals surface area contributed by atoms with E-state index >= 15 is 0 Å². The van der Waals surface area contributed by atoms with Gasteiger partial charge in [0.05, 0.1) is 57.1 Å². The van der Waals surface area contributed by atoms with Crippen LogP contribution >= 0.6 is 23.5 Å². The van der Waals surface area contributed by atoms with Gasteiger partial charge in [-0.05, 0) is 0 Å². The fraction of sp³-hybridized carbons (Fsp3) is 0.500. The fourth-order valence-electron chi connectivity index (χ4n) is 7.60. The molecular weight excluding hydrogens is 919 g/mol. The van der Waals surface area contributed by atoms with Crippen LogP contribution in [-0.2, 0) is 50.5 Å². The van der Waals surface area contributed by atoms with Gasteiger partial charge < -0.3 is 56.1 Å². The molecule has 6 aromatic heterocycles. The highest BCUT2D eigenvalue weighted by atomic mass is 31.2. The van der Waals surface area contributed by atoms with Gasteiger partial charge in [-0.3, -0.25) is 36.3 Å². The lowest BCUT2D eigenvalue weighted by molar-refractivity contribution is -0.0623. The molecule has 3 fully saturated rings. The number of aliphatic hydroxyl groups is 1. The van der Waals surface area contributed by atoms with Crippen molar-refractivity contribution in [3.8, 4) is 0 Å². The van der Waals surface area contributed by atoms with Crippen LogP contribution in [0.25, 0.3) is 33.5 Å². The maximum atomic E-state index is 13.6. The number of ether oxygens (including phenoxy) is 3. The molecule has 0 aromatic carbocycles. The fourth-order valence-corrected chi connectivity index (χ4v) is 10.0. The molecule has 0 radical (unpaired) electrons. The van der Waals surface area contributed by atoms with Crippen LogP contribution in [0.2, 0.25) is 0 Å². The SMILES string of the molecule is Nc1ncnc2c1ncn2[C@@H]1O[C@H](COP(=O)(O)O[C@@H]2C[C@@H](COP(=O)(O)O[C@@H]3C[C@@H](CO)O[C@H]3n3cnc4c(N)ncnc43)O[C@H]2n2cnc3c(N)ncnc32)C[C@H]1OP(=O)(O)O. The van der Waals surface area contributed by atoms with Crippen molar-refractivity contribution in [2.75, 3.05) is 37.0 Å². The van der Waals surface area contributed by atoms with E-state index in [0.717, 1.165) is 12.7 Å². The number of phosphoric acid groups is 3. The standard InChI is InChI=1S/C30H38N15O16P3/c31-22-19-25(37-7-34-22)43(10-40-19)28-16(59-62(47,48)49)2-14(57-28)5-54-64(52,53)61-18-3-15(58-30(18)45-12-42-21-24(33)36-9-39-27(21)45)6-55-63(50,51)60-17-1-13(4-46)56-29(17)44-11-41-20-23(32)35-8-38-26(20)44/h7-18,28-30,46H,1-6H2,(H,50,51)(H,52,53)(H2,31,34,37)(H2,32,35,38)(H2,33,36,39)(H2,47,48,49)/t13-,14-,15-,16+,17+,18+,28+,29+,30+/m0/s1. The summed E-state index contributed by atoms with van der Waals surface area (Å²) in [4.78, 5) is 78.0. The van der Waals surface area contributed by atoms with Gasteiger partial charge in [-0.15, -0.1) is 0 Å². The number of aromatic nitrogens is 12. The number of aliphatic hydroxyl groups excluding tert-OH is 1. The quantitative estimate of drug-likeness (QED) is 0.0572. The maximum absolute atomic E-state index is 13.6. The number of phosphoric ester groups is 3. The average Bonchev–Trinajstić information content (AvgIpc) is 4.09. The van der Waals surface area contributed by atoms with E-state index in [0.29, 0.717) is 0 Å². The number of nitrogens with zero attached hydrogens (tertiary/aromatic N) is 12. The van der Waals surface area contributed by atoms with E-state index in [9.17, 15) is 38.4 Å². The van der Waals surface area contributed by atoms with Gasteiger partial charge in [0.25, 0.3) is 0 Å². The summed E-state index contributed by atoms with van der Waals surface area (Å²) >= 11 is 0. The molecule has 0 bridgehead atoms. The van der Waals surface area contributed by atoms with E-state index in [-0.39, 0.29) is 70.2 Å². The summed E-state index contributed by atoms with van der Waals surface area (Å²) < 4.78 is 88.0. The van der Waals surface area contributed by atoms with Crippen LogP contribution < -0.4 is 17.2 Å². The first-order chi connectivity index (χ1) is 30.5. The largest absolute Gasteiger partial charge is 0.472 e. The van der Waals surface area contributed by atoms with Crippen molar-refractivity contribution in [1.82, 2.24) is 58.6 Å². The number of nitrogens with two attached hydrogens (primary N) is 3. The number of fused-ring (bicyclic) bond motifs is 3. The third-order valence-corrected chi connectivity index (χ3v) is 12.9. The van der Waals surface area contributed by atoms with E-state index in [2.05, 4.69) is 44.9 Å². The minimum absolute atomic E-state index is 0.0152. The third kappa shape index (κ3) is 9.07. The third-order valence-electron chi connectivity index (χ3n) is 10.3. The van der Waals surface area contributed by atoms with Crippen LogP contribution in [0.3, 0.4) is 0 Å². The number of imidazole rings is 3. The molecule has 64 heavy (non-hydrogen) atoms. The highest BCUT2D eigenvalue weighted by Gasteiger charge is 2.47. The summed E-state index contributed by atoms with van der Waals surface area (Å²) in [5.74, 6) is 0.126. The molecule has 0 aliphatic carbocycles. The Hall–Kier alpha value is -4.78. The van der Waals surface area contributed by atoms with Crippen LogP contribution in [0.4, 0.5) is 17.5 Å². The van der Waals surface area contributed by atoms with E-state index in [1.807, 2.05) is 0 Å². The predicted molar refractivity (Wildman–Crippen MR) is 210 cm³/mol. The van der Waals surface area contributed by atoms with Gasteiger partial charge in [0, 0.05) is 19.3 Å². The van der Waals surface area contributed by atoms with E-state index in [4.69, 9.17) is 54.0 Å². The van der Waals surface area contributed by atoms with E-state index in [1.165, 1.54) is 39.0 Å². The molecule has 3 aliphatic rings. The highest BCUT2D eigenvalue weighted by Crippen LogP contribution is 2.53. The normalized spacial score (nSPS) is 28.4. The molecule has 11 N–H and O–H groups in total. The highest BCUT2D eigenvalue weighted by molar-refractivity contribution is 7.47. The topological polar surface area (TPSA) is 435 Å². The molecule has 0 saturated carbocycles. The summed E-state index contributed by atoms with van der Waals surface area (Å²) in [6, 6.07) is 0. The second-order valence-electron chi connectivity index (χ2n) is 14.5. The maximum Gasteiger partial charge on any atom is 0.472 e. The van der Waals surface area contributed by atoms with Crippen molar-refractivity contribution < 1.29 is 75.2 Å². The van der Waals surface area contributed by atoms with Crippen molar-refractivity contribution >= 4 is 74.4 Å². The smallest absolute Gasteiger partial charge is 0.394 e. The summed E-state index contributed by atoms with van der Waals surface area (Å²) in [5, 5.41) is 9.86. The monoisotopic (exact) mass is 957 g/mol. The van der Waals surface area contributed by atoms with E-state index in [1.54, 1.807) is 0 Å². The second-order valence-corrected chi connectivity index (χ2v) is 18.5. The molecule has 31 nitrogen and oxygen atoms in total. The lowest BCUT2D eigenvalue weighted by Gasteiger charge is -2.23. The van der Waals surface area contributed by atoms with Crippen LogP contribution in [0.1, 0.15) is 37.9 Å². The van der Waals surface area contributed by atoms with Gasteiger partial charge in [-0.25, -0.2) is 58.6 Å². The zero-order chi connectivity index (χ0) is 45.1. The summed E-state index contributed by atoms with van der Waals surface area (Å²) in [6.07, 6.45) is -3.68. The van der Waals surface area contributed by atoms with Crippen LogP contribution in [0.15, 0.2) is 38.0 Å². The summed E-state index contributed by atoms with van der Waals surface area (Å²) in [6.45, 7) is -1.72. The molecule has 0 amide bonds. The number of anilines is 3. The Morgan fingerprint density at radius 2 is 0.891 bits per heavy atom. The number of nitrogen functional groups attached to an aromatic ring is 3. The number of hydrogen-bond donors (Lipinski definition) is 8. The Bertz CT molecular complexity index is 2830. The minimum atomic E-state index is -5.09. The molecule has 0 spiro atoms. The van der Waals surface area contributed by atoms with Crippen molar-refractivity contribution in [3.05, 3.63) is 38.0 Å². The molecule has 6 aromatic rings. The Morgan fingerprint density at radius 3 is 1.25 bits per heavy atom. The van der Waals surface area contributed by atoms with Gasteiger partial charge in [0.2, 0.25) is 0 Å². The zero-order valence-electron chi connectivity index (χ0n) is 32.6. The predicted octanol–water partition coefficient (Wildman–Crippen LogP) is -0.410. The first kappa shape index (κ1) is 44.4. The van der Waals surface area contributed by atoms with Gasteiger partial charge in [-0.1, -0.05) is 0 Å². The second kappa shape index (κ2) is 17.2. The Kier molecular flexibility index (Phi) is 12.0. The Morgan fingerprint density at radius 1 is 0.547 bits per heavy atom. The molecular formula is C30H38N15O16P3. The van der Waals surface area contributed by atoms with Gasteiger partial charge in [0.15, 0.2) is 53.1 Å². The van der Waals surface area contributed by atoms with Crippen molar-refractivity contribution in [2.24, 2.45) is 0 Å². The van der Waals surface area contributed by atoms with Gasteiger partial charge >= 0.3 is 23.5 Å². The van der Waals surface area contributed by atoms with Crippen LogP contribution in [0.5, 0.6) is 0 Å². The lowest BCUT2D eigenvalue weighted by Crippen LogP contribution is -2.23. The van der Waals surface area contributed by atoms with Crippen LogP contribution in [0, 0.1) is 0 Å². The molecule has 9 rings (SSSR count). The first-order valence-electron chi connectivity index (χ1n) is 18.9. The molecule has 2 unspecified atom stereocenters. The molecule has 11 atom stereocenters. The van der Waals surface area contributed by atoms with Crippen molar-refractivity contribution in [1.29, 1.82) is 0 Å². The minimum Gasteiger partial charge on any atom is -0.394 e. The van der Waals surface area contributed by atoms with Crippen LogP contribution in [-0.4, -0.2) is 140 Å². The van der Waals surface area contributed by atoms with Crippen molar-refractivity contribution in [2.45, 2.75) is 74.6 Å². The Labute approximate surface area is 357 Å². The molecule has 34 heteroatoms. The molecule has 3 aliphatic heterocycles. The zero-order valence-corrected chi connectivity index (χ0v) is 35.3. The van der Waals surface area contributed by atoms with E-state index < -0.39 is 98.6 Å². The van der Waals surface area contributed by atoms with Crippen molar-refractivity contribution in [3.63, 3.8) is 0 Å². The molecule has 9 heterocycles. The summed E-state index contributed by atoms with van der Waals surface area (Å²) in [7, 11) is -15.1. The Balaban J connectivity index is 0.892. The average molecular weight is 958 g/mol. The lowest BCUT2D eigenvalue weighted by atomic mass is 10.2. The number of rotatable bonds is 16. The molecule has 344 valence electrons. The van der Waals surface area contributed by atoms with Gasteiger partial charge in [-0.2, -0.15) is 0 Å². The molecule has 3 saturated heterocycles. The summed E-state index contributed by atoms with van der Waals surface area (Å²) in [5.41, 5.74) is 18.9.